The molecule has 0 atom stereocenters. The lowest BCUT2D eigenvalue weighted by molar-refractivity contribution is -0.384. The molecule has 0 radical (unpaired) electrons. The lowest BCUT2D eigenvalue weighted by atomic mass is 9.98. The van der Waals surface area contributed by atoms with E-state index in [-0.39, 0.29) is 11.6 Å². The number of hydrogen-bond donors (Lipinski definition) is 0. The molecule has 0 aliphatic carbocycles. The second-order valence-corrected chi connectivity index (χ2v) is 4.56. The third kappa shape index (κ3) is 2.46. The number of nitro groups is 1. The number of alkyl halides is 1. The SMILES string of the molecule is O=C1c2cc([N+](=O)[O-])ccc2CCN1CCCCl. The summed E-state index contributed by atoms with van der Waals surface area (Å²) in [6, 6.07) is 4.48. The van der Waals surface area contributed by atoms with Gasteiger partial charge in [-0.1, -0.05) is 6.07 Å². The van der Waals surface area contributed by atoms with Crippen LogP contribution in [0.3, 0.4) is 0 Å². The predicted molar refractivity (Wildman–Crippen MR) is 68.0 cm³/mol. The van der Waals surface area contributed by atoms with E-state index in [2.05, 4.69) is 0 Å². The molecule has 0 spiro atoms. The highest BCUT2D eigenvalue weighted by atomic mass is 35.5. The Morgan fingerprint density at radius 2 is 2.22 bits per heavy atom. The number of nitrogens with zero attached hydrogens (tertiary/aromatic N) is 2. The maximum absolute atomic E-state index is 12.2. The second-order valence-electron chi connectivity index (χ2n) is 4.18. The van der Waals surface area contributed by atoms with Crippen molar-refractivity contribution in [3.8, 4) is 0 Å². The highest BCUT2D eigenvalue weighted by molar-refractivity contribution is 6.17. The lowest BCUT2D eigenvalue weighted by Gasteiger charge is -2.28. The molecular formula is C12H13ClN2O3. The highest BCUT2D eigenvalue weighted by Gasteiger charge is 2.25. The van der Waals surface area contributed by atoms with E-state index in [0.717, 1.165) is 18.4 Å². The first-order valence-corrected chi connectivity index (χ1v) is 6.29. The quantitative estimate of drug-likeness (QED) is 0.478. The number of non-ortho nitro benzene ring substituents is 1. The summed E-state index contributed by atoms with van der Waals surface area (Å²) >= 11 is 5.61. The summed E-state index contributed by atoms with van der Waals surface area (Å²) in [6.07, 6.45) is 1.47. The summed E-state index contributed by atoms with van der Waals surface area (Å²) in [6.45, 7) is 1.25. The first-order valence-electron chi connectivity index (χ1n) is 5.76. The van der Waals surface area contributed by atoms with Gasteiger partial charge < -0.3 is 4.90 Å². The van der Waals surface area contributed by atoms with Crippen molar-refractivity contribution in [3.63, 3.8) is 0 Å². The molecule has 0 aromatic heterocycles. The van der Waals surface area contributed by atoms with Gasteiger partial charge in [0.05, 0.1) is 4.92 Å². The number of hydrogen-bond acceptors (Lipinski definition) is 3. The average molecular weight is 269 g/mol. The zero-order valence-electron chi connectivity index (χ0n) is 9.76. The number of carbonyl (C=O) groups is 1. The molecule has 1 heterocycles. The van der Waals surface area contributed by atoms with Crippen LogP contribution in [0, 0.1) is 10.1 Å². The number of nitro benzene ring substituents is 1. The molecule has 2 rings (SSSR count). The lowest BCUT2D eigenvalue weighted by Crippen LogP contribution is -2.38. The predicted octanol–water partition coefficient (Wildman–Crippen LogP) is 2.22. The van der Waals surface area contributed by atoms with Gasteiger partial charge in [0.15, 0.2) is 0 Å². The maximum Gasteiger partial charge on any atom is 0.270 e. The van der Waals surface area contributed by atoms with Gasteiger partial charge in [0, 0.05) is 36.7 Å². The molecule has 1 aromatic carbocycles. The number of benzene rings is 1. The monoisotopic (exact) mass is 268 g/mol. The van der Waals surface area contributed by atoms with Crippen molar-refractivity contribution in [2.24, 2.45) is 0 Å². The van der Waals surface area contributed by atoms with Crippen molar-refractivity contribution in [2.45, 2.75) is 12.8 Å². The molecule has 1 aliphatic heterocycles. The number of carbonyl (C=O) groups excluding carboxylic acids is 1. The third-order valence-corrected chi connectivity index (χ3v) is 3.30. The normalized spacial score (nSPS) is 14.5. The maximum atomic E-state index is 12.2. The largest absolute Gasteiger partial charge is 0.338 e. The van der Waals surface area contributed by atoms with E-state index in [1.165, 1.54) is 12.1 Å². The van der Waals surface area contributed by atoms with E-state index in [0.29, 0.717) is 24.5 Å². The molecule has 6 heteroatoms. The highest BCUT2D eigenvalue weighted by Crippen LogP contribution is 2.23. The first kappa shape index (κ1) is 12.8. The van der Waals surface area contributed by atoms with E-state index < -0.39 is 4.92 Å². The summed E-state index contributed by atoms with van der Waals surface area (Å²) in [4.78, 5) is 24.1. The van der Waals surface area contributed by atoms with E-state index in [1.807, 2.05) is 0 Å². The fraction of sp³-hybridized carbons (Fsp3) is 0.417. The van der Waals surface area contributed by atoms with Crippen molar-refractivity contribution >= 4 is 23.2 Å². The van der Waals surface area contributed by atoms with Crippen LogP contribution < -0.4 is 0 Å². The van der Waals surface area contributed by atoms with Crippen LogP contribution in [0.2, 0.25) is 0 Å². The van der Waals surface area contributed by atoms with Gasteiger partial charge in [-0.3, -0.25) is 14.9 Å². The second kappa shape index (κ2) is 5.35. The Kier molecular flexibility index (Phi) is 3.81. The van der Waals surface area contributed by atoms with Crippen LogP contribution in [0.4, 0.5) is 5.69 Å². The van der Waals surface area contributed by atoms with Gasteiger partial charge in [-0.15, -0.1) is 11.6 Å². The summed E-state index contributed by atoms with van der Waals surface area (Å²) < 4.78 is 0. The van der Waals surface area contributed by atoms with E-state index >= 15 is 0 Å². The minimum Gasteiger partial charge on any atom is -0.338 e. The van der Waals surface area contributed by atoms with Gasteiger partial charge in [0.2, 0.25) is 0 Å². The number of rotatable bonds is 4. The van der Waals surface area contributed by atoms with Crippen molar-refractivity contribution < 1.29 is 9.72 Å². The van der Waals surface area contributed by atoms with Crippen molar-refractivity contribution in [1.29, 1.82) is 0 Å². The van der Waals surface area contributed by atoms with Gasteiger partial charge in [-0.05, 0) is 18.4 Å². The molecule has 0 saturated carbocycles. The smallest absolute Gasteiger partial charge is 0.270 e. The molecule has 0 bridgehead atoms. The zero-order chi connectivity index (χ0) is 13.1. The topological polar surface area (TPSA) is 63.4 Å². The minimum atomic E-state index is -0.481. The summed E-state index contributed by atoms with van der Waals surface area (Å²) in [7, 11) is 0. The van der Waals surface area contributed by atoms with Crippen LogP contribution in [0.15, 0.2) is 18.2 Å². The third-order valence-electron chi connectivity index (χ3n) is 3.03. The molecule has 18 heavy (non-hydrogen) atoms. The Labute approximate surface area is 109 Å². The molecule has 0 N–H and O–H groups in total. The fourth-order valence-electron chi connectivity index (χ4n) is 2.09. The van der Waals surface area contributed by atoms with E-state index in [4.69, 9.17) is 11.6 Å². The molecule has 1 aromatic rings. The van der Waals surface area contributed by atoms with Gasteiger partial charge in [0.1, 0.15) is 0 Å². The van der Waals surface area contributed by atoms with Crippen molar-refractivity contribution in [3.05, 3.63) is 39.4 Å². The van der Waals surface area contributed by atoms with Crippen molar-refractivity contribution in [2.75, 3.05) is 19.0 Å². The van der Waals surface area contributed by atoms with Crippen LogP contribution in [0.25, 0.3) is 0 Å². The Balaban J connectivity index is 2.26. The van der Waals surface area contributed by atoms with Gasteiger partial charge in [-0.25, -0.2) is 0 Å². The molecule has 1 aliphatic rings. The molecule has 0 fully saturated rings. The van der Waals surface area contributed by atoms with Gasteiger partial charge in [0.25, 0.3) is 11.6 Å². The molecule has 0 saturated heterocycles. The molecule has 1 amide bonds. The Hall–Kier alpha value is -1.62. The van der Waals surface area contributed by atoms with Crippen LogP contribution in [0.1, 0.15) is 22.3 Å². The Bertz CT molecular complexity index is 490. The minimum absolute atomic E-state index is 0.0405. The summed E-state index contributed by atoms with van der Waals surface area (Å²) in [5.41, 5.74) is 1.29. The number of fused-ring (bicyclic) bond motifs is 1. The fourth-order valence-corrected chi connectivity index (χ4v) is 2.21. The summed E-state index contributed by atoms with van der Waals surface area (Å²) in [5, 5.41) is 10.7. The average Bonchev–Trinajstić information content (AvgIpc) is 2.37. The van der Waals surface area contributed by atoms with Crippen LogP contribution in [-0.4, -0.2) is 34.7 Å². The Morgan fingerprint density at radius 3 is 2.89 bits per heavy atom. The van der Waals surface area contributed by atoms with E-state index in [9.17, 15) is 14.9 Å². The summed E-state index contributed by atoms with van der Waals surface area (Å²) in [5.74, 6) is 0.371. The van der Waals surface area contributed by atoms with E-state index in [1.54, 1.807) is 11.0 Å². The van der Waals surface area contributed by atoms with Crippen molar-refractivity contribution in [1.82, 2.24) is 4.90 Å². The molecule has 0 unspecified atom stereocenters. The first-order chi connectivity index (χ1) is 8.63. The molecule has 96 valence electrons. The van der Waals surface area contributed by atoms with Gasteiger partial charge >= 0.3 is 0 Å². The molecular weight excluding hydrogens is 256 g/mol. The number of amides is 1. The number of halogens is 1. The van der Waals surface area contributed by atoms with Gasteiger partial charge in [-0.2, -0.15) is 0 Å². The Morgan fingerprint density at radius 1 is 1.44 bits per heavy atom. The van der Waals surface area contributed by atoms with Crippen LogP contribution in [-0.2, 0) is 6.42 Å². The molecule has 5 nitrogen and oxygen atoms in total. The zero-order valence-corrected chi connectivity index (χ0v) is 10.5. The standard InChI is InChI=1S/C12H13ClN2O3/c13-5-1-6-14-7-4-9-2-3-10(15(17)18)8-11(9)12(14)16/h2-3,8H,1,4-7H2. The van der Waals surface area contributed by atoms with Crippen LogP contribution >= 0.6 is 11.6 Å². The van der Waals surface area contributed by atoms with Crippen LogP contribution in [0.5, 0.6) is 0 Å².